The molecule has 0 aliphatic rings. The lowest BCUT2D eigenvalue weighted by Gasteiger charge is -2.19. The number of carbonyl (C=O) groups is 1. The van der Waals surface area contributed by atoms with Crippen molar-refractivity contribution in [3.05, 3.63) is 108 Å². The average molecular weight is 398 g/mol. The third kappa shape index (κ3) is 5.08. The SMILES string of the molecule is O=C(NC(Cn1ccnc1)c1ccccc1)c1cn(CC=Cc2ccccc2)nn1. The molecule has 1 amide bonds. The van der Waals surface area contributed by atoms with Crippen LogP contribution in [0.2, 0.25) is 0 Å². The van der Waals surface area contributed by atoms with Crippen molar-refractivity contribution >= 4 is 12.0 Å². The van der Waals surface area contributed by atoms with Gasteiger partial charge in [-0.15, -0.1) is 5.10 Å². The van der Waals surface area contributed by atoms with Crippen LogP contribution in [0.4, 0.5) is 0 Å². The molecule has 0 fully saturated rings. The second kappa shape index (κ2) is 9.47. The minimum absolute atomic E-state index is 0.212. The van der Waals surface area contributed by atoms with Crippen LogP contribution in [-0.2, 0) is 13.1 Å². The van der Waals surface area contributed by atoms with E-state index in [0.29, 0.717) is 13.1 Å². The summed E-state index contributed by atoms with van der Waals surface area (Å²) >= 11 is 0. The van der Waals surface area contributed by atoms with Crippen LogP contribution in [-0.4, -0.2) is 30.5 Å². The number of nitrogens with one attached hydrogen (secondary N) is 1. The number of benzene rings is 2. The number of rotatable bonds is 8. The maximum atomic E-state index is 12.8. The molecular formula is C23H22N6O. The van der Waals surface area contributed by atoms with Crippen LogP contribution in [0, 0.1) is 0 Å². The van der Waals surface area contributed by atoms with Gasteiger partial charge in [0, 0.05) is 18.9 Å². The van der Waals surface area contributed by atoms with E-state index in [-0.39, 0.29) is 17.6 Å². The summed E-state index contributed by atoms with van der Waals surface area (Å²) in [5, 5.41) is 11.2. The summed E-state index contributed by atoms with van der Waals surface area (Å²) in [4.78, 5) is 16.9. The smallest absolute Gasteiger partial charge is 0.274 e. The second-order valence-corrected chi connectivity index (χ2v) is 6.84. The minimum Gasteiger partial charge on any atom is -0.342 e. The molecule has 2 aromatic heterocycles. The minimum atomic E-state index is -0.262. The van der Waals surface area contributed by atoms with E-state index in [9.17, 15) is 4.79 Å². The summed E-state index contributed by atoms with van der Waals surface area (Å²) in [7, 11) is 0. The highest BCUT2D eigenvalue weighted by Gasteiger charge is 2.18. The molecule has 0 bridgehead atoms. The van der Waals surface area contributed by atoms with Crippen molar-refractivity contribution in [2.24, 2.45) is 0 Å². The van der Waals surface area contributed by atoms with Crippen molar-refractivity contribution in [3.63, 3.8) is 0 Å². The summed E-state index contributed by atoms with van der Waals surface area (Å²) in [5.41, 5.74) is 2.41. The molecule has 2 aromatic carbocycles. The van der Waals surface area contributed by atoms with E-state index < -0.39 is 0 Å². The number of allylic oxidation sites excluding steroid dienone is 1. The first-order valence-electron chi connectivity index (χ1n) is 9.71. The number of imidazole rings is 1. The molecule has 150 valence electrons. The van der Waals surface area contributed by atoms with E-state index in [1.165, 1.54) is 0 Å². The van der Waals surface area contributed by atoms with Crippen LogP contribution in [0.25, 0.3) is 6.08 Å². The zero-order chi connectivity index (χ0) is 20.6. The maximum Gasteiger partial charge on any atom is 0.274 e. The Morgan fingerprint density at radius 2 is 1.83 bits per heavy atom. The quantitative estimate of drug-likeness (QED) is 0.494. The van der Waals surface area contributed by atoms with Crippen molar-refractivity contribution in [2.75, 3.05) is 0 Å². The molecule has 4 aromatic rings. The molecule has 0 spiro atoms. The zero-order valence-electron chi connectivity index (χ0n) is 16.4. The van der Waals surface area contributed by atoms with Crippen LogP contribution in [0.3, 0.4) is 0 Å². The topological polar surface area (TPSA) is 77.6 Å². The van der Waals surface area contributed by atoms with Crippen molar-refractivity contribution in [1.29, 1.82) is 0 Å². The predicted octanol–water partition coefficient (Wildman–Crippen LogP) is 3.36. The maximum absolute atomic E-state index is 12.8. The van der Waals surface area contributed by atoms with Gasteiger partial charge in [-0.3, -0.25) is 4.79 Å². The zero-order valence-corrected chi connectivity index (χ0v) is 16.4. The molecule has 1 atom stereocenters. The van der Waals surface area contributed by atoms with E-state index in [1.54, 1.807) is 23.4 Å². The molecule has 0 saturated heterocycles. The number of carbonyl (C=O) groups excluding carboxylic acids is 1. The van der Waals surface area contributed by atoms with Gasteiger partial charge in [0.2, 0.25) is 0 Å². The Kier molecular flexibility index (Phi) is 6.10. The normalized spacial score (nSPS) is 12.1. The largest absolute Gasteiger partial charge is 0.342 e. The lowest BCUT2D eigenvalue weighted by Crippen LogP contribution is -2.31. The van der Waals surface area contributed by atoms with Gasteiger partial charge >= 0.3 is 0 Å². The van der Waals surface area contributed by atoms with Gasteiger partial charge in [0.15, 0.2) is 5.69 Å². The molecule has 7 heteroatoms. The molecule has 1 unspecified atom stereocenters. The van der Waals surface area contributed by atoms with E-state index in [1.807, 2.05) is 83.6 Å². The van der Waals surface area contributed by atoms with Gasteiger partial charge in [-0.2, -0.15) is 0 Å². The Morgan fingerprint density at radius 3 is 2.57 bits per heavy atom. The highest BCUT2D eigenvalue weighted by Crippen LogP contribution is 2.15. The van der Waals surface area contributed by atoms with Gasteiger partial charge in [-0.1, -0.05) is 78.0 Å². The number of nitrogens with zero attached hydrogens (tertiary/aromatic N) is 5. The van der Waals surface area contributed by atoms with Crippen LogP contribution >= 0.6 is 0 Å². The molecular weight excluding hydrogens is 376 g/mol. The summed E-state index contributed by atoms with van der Waals surface area (Å²) in [6.45, 7) is 1.11. The molecule has 0 saturated carbocycles. The Hall–Kier alpha value is -4.00. The van der Waals surface area contributed by atoms with Crippen molar-refractivity contribution in [1.82, 2.24) is 29.9 Å². The highest BCUT2D eigenvalue weighted by atomic mass is 16.2. The Balaban J connectivity index is 1.42. The monoisotopic (exact) mass is 398 g/mol. The highest BCUT2D eigenvalue weighted by molar-refractivity contribution is 5.92. The Morgan fingerprint density at radius 1 is 1.07 bits per heavy atom. The number of hydrogen-bond acceptors (Lipinski definition) is 4. The van der Waals surface area contributed by atoms with Gasteiger partial charge in [-0.05, 0) is 11.1 Å². The summed E-state index contributed by atoms with van der Waals surface area (Å²) < 4.78 is 3.57. The average Bonchev–Trinajstić information content (AvgIpc) is 3.47. The third-order valence-electron chi connectivity index (χ3n) is 4.63. The van der Waals surface area contributed by atoms with Crippen LogP contribution < -0.4 is 5.32 Å². The van der Waals surface area contributed by atoms with Crippen molar-refractivity contribution in [3.8, 4) is 0 Å². The van der Waals surface area contributed by atoms with Gasteiger partial charge in [0.25, 0.3) is 5.91 Å². The standard InChI is InChI=1S/C23H22N6O/c30-23(22-17-29(27-26-22)14-7-10-19-8-3-1-4-9-19)25-21(16-28-15-13-24-18-28)20-11-5-2-6-12-20/h1-13,15,17-18,21H,14,16H2,(H,25,30). The fraction of sp³-hybridized carbons (Fsp3) is 0.130. The fourth-order valence-electron chi connectivity index (χ4n) is 3.11. The van der Waals surface area contributed by atoms with E-state index >= 15 is 0 Å². The van der Waals surface area contributed by atoms with Crippen LogP contribution in [0.5, 0.6) is 0 Å². The van der Waals surface area contributed by atoms with E-state index in [4.69, 9.17) is 0 Å². The first-order chi connectivity index (χ1) is 14.8. The van der Waals surface area contributed by atoms with Gasteiger partial charge in [-0.25, -0.2) is 9.67 Å². The molecule has 4 rings (SSSR count). The molecule has 0 aliphatic carbocycles. The lowest BCUT2D eigenvalue weighted by atomic mass is 10.1. The van der Waals surface area contributed by atoms with Crippen molar-refractivity contribution in [2.45, 2.75) is 19.1 Å². The summed E-state index contributed by atoms with van der Waals surface area (Å²) in [6.07, 6.45) is 11.0. The van der Waals surface area contributed by atoms with Gasteiger partial charge < -0.3 is 9.88 Å². The number of hydrogen-bond donors (Lipinski definition) is 1. The van der Waals surface area contributed by atoms with E-state index in [0.717, 1.165) is 11.1 Å². The number of amides is 1. The second-order valence-electron chi connectivity index (χ2n) is 6.84. The molecule has 1 N–H and O–H groups in total. The van der Waals surface area contributed by atoms with Crippen LogP contribution in [0.15, 0.2) is 91.7 Å². The van der Waals surface area contributed by atoms with Gasteiger partial charge in [0.1, 0.15) is 0 Å². The fourth-order valence-corrected chi connectivity index (χ4v) is 3.11. The lowest BCUT2D eigenvalue weighted by molar-refractivity contribution is 0.0927. The summed E-state index contributed by atoms with van der Waals surface area (Å²) in [5.74, 6) is -0.262. The van der Waals surface area contributed by atoms with E-state index in [2.05, 4.69) is 20.6 Å². The predicted molar refractivity (Wildman–Crippen MR) is 114 cm³/mol. The first-order valence-corrected chi connectivity index (χ1v) is 9.71. The van der Waals surface area contributed by atoms with Crippen molar-refractivity contribution < 1.29 is 4.79 Å². The Bertz CT molecular complexity index is 1090. The molecule has 0 aliphatic heterocycles. The molecule has 2 heterocycles. The third-order valence-corrected chi connectivity index (χ3v) is 4.63. The number of aromatic nitrogens is 5. The molecule has 30 heavy (non-hydrogen) atoms. The molecule has 7 nitrogen and oxygen atoms in total. The molecule has 0 radical (unpaired) electrons. The van der Waals surface area contributed by atoms with Gasteiger partial charge in [0.05, 0.1) is 25.1 Å². The summed E-state index contributed by atoms with van der Waals surface area (Å²) in [6, 6.07) is 19.7. The Labute approximate surface area is 174 Å². The first kappa shape index (κ1) is 19.3. The van der Waals surface area contributed by atoms with Crippen LogP contribution in [0.1, 0.15) is 27.7 Å².